The van der Waals surface area contributed by atoms with Gasteiger partial charge in [-0.2, -0.15) is 0 Å². The minimum absolute atomic E-state index is 0.112. The van der Waals surface area contributed by atoms with Crippen molar-refractivity contribution in [1.29, 1.82) is 0 Å². The van der Waals surface area contributed by atoms with E-state index in [0.717, 1.165) is 6.26 Å². The summed E-state index contributed by atoms with van der Waals surface area (Å²) < 4.78 is 50.0. The van der Waals surface area contributed by atoms with Crippen LogP contribution >= 0.6 is 0 Å². The summed E-state index contributed by atoms with van der Waals surface area (Å²) in [5.74, 6) is -0.934. The molecule has 0 saturated heterocycles. The number of aliphatic hydroxyl groups excluding tert-OH is 1. The highest BCUT2D eigenvalue weighted by Gasteiger charge is 2.26. The lowest BCUT2D eigenvalue weighted by molar-refractivity contribution is 0.0528. The summed E-state index contributed by atoms with van der Waals surface area (Å²) in [5.41, 5.74) is 1.16. The quantitative estimate of drug-likeness (QED) is 0.586. The maximum atomic E-state index is 13.3. The van der Waals surface area contributed by atoms with Crippen molar-refractivity contribution in [2.24, 2.45) is 0 Å². The molecule has 3 rings (SSSR count). The standard InChI is InChI=1S/C20H20FNO6S/c1-4-27-20(24)18-15-9-14(11(2)23)16(22-29(3,25)26)10-17(15)28-19(18)12-5-7-13(21)8-6-12/h5-11,22-23H,4H2,1-3H3. The van der Waals surface area contributed by atoms with E-state index < -0.39 is 27.9 Å². The molecule has 9 heteroatoms. The number of benzene rings is 2. The number of sulfonamides is 1. The van der Waals surface area contributed by atoms with Crippen molar-refractivity contribution in [3.63, 3.8) is 0 Å². The number of fused-ring (bicyclic) bond motifs is 1. The third-order valence-corrected chi connectivity index (χ3v) is 4.78. The minimum atomic E-state index is -3.62. The number of anilines is 1. The van der Waals surface area contributed by atoms with Crippen LogP contribution in [0.15, 0.2) is 40.8 Å². The highest BCUT2D eigenvalue weighted by atomic mass is 32.2. The molecular weight excluding hydrogens is 401 g/mol. The lowest BCUT2D eigenvalue weighted by atomic mass is 10.0. The van der Waals surface area contributed by atoms with E-state index in [-0.39, 0.29) is 34.8 Å². The predicted molar refractivity (Wildman–Crippen MR) is 107 cm³/mol. The Labute approximate surface area is 167 Å². The Morgan fingerprint density at radius 1 is 1.28 bits per heavy atom. The summed E-state index contributed by atoms with van der Waals surface area (Å²) in [5, 5.41) is 10.5. The fourth-order valence-corrected chi connectivity index (χ4v) is 3.58. The van der Waals surface area contributed by atoms with Crippen molar-refractivity contribution in [3.8, 4) is 11.3 Å². The first-order valence-corrected chi connectivity index (χ1v) is 10.7. The van der Waals surface area contributed by atoms with Crippen LogP contribution in [0, 0.1) is 5.82 Å². The molecule has 2 aromatic carbocycles. The molecule has 1 aromatic heterocycles. The summed E-state index contributed by atoms with van der Waals surface area (Å²) in [6, 6.07) is 8.26. The molecule has 2 N–H and O–H groups in total. The van der Waals surface area contributed by atoms with Gasteiger partial charge in [0.1, 0.15) is 22.7 Å². The maximum absolute atomic E-state index is 13.3. The average Bonchev–Trinajstić information content (AvgIpc) is 2.98. The molecule has 3 aromatic rings. The van der Waals surface area contributed by atoms with Gasteiger partial charge in [0.05, 0.1) is 24.7 Å². The second-order valence-corrected chi connectivity index (χ2v) is 8.27. The SMILES string of the molecule is CCOC(=O)c1c(-c2ccc(F)cc2)oc2cc(NS(C)(=O)=O)c(C(C)O)cc12. The van der Waals surface area contributed by atoms with Crippen LogP contribution in [0.4, 0.5) is 10.1 Å². The maximum Gasteiger partial charge on any atom is 0.342 e. The first-order valence-electron chi connectivity index (χ1n) is 8.80. The number of hydrogen-bond acceptors (Lipinski definition) is 6. The van der Waals surface area contributed by atoms with E-state index >= 15 is 0 Å². The lowest BCUT2D eigenvalue weighted by Gasteiger charge is -2.13. The molecule has 0 aliphatic carbocycles. The van der Waals surface area contributed by atoms with Gasteiger partial charge in [-0.3, -0.25) is 4.72 Å². The Kier molecular flexibility index (Phi) is 5.63. The van der Waals surface area contributed by atoms with Crippen LogP contribution in [0.2, 0.25) is 0 Å². The first kappa shape index (κ1) is 20.8. The second kappa shape index (κ2) is 7.84. The predicted octanol–water partition coefficient (Wildman–Crippen LogP) is 3.84. The zero-order valence-electron chi connectivity index (χ0n) is 16.0. The molecule has 0 fully saturated rings. The van der Waals surface area contributed by atoms with Crippen molar-refractivity contribution in [3.05, 3.63) is 53.3 Å². The summed E-state index contributed by atoms with van der Waals surface area (Å²) in [6.07, 6.45) is -0.0399. The van der Waals surface area contributed by atoms with E-state index in [4.69, 9.17) is 9.15 Å². The second-order valence-electron chi connectivity index (χ2n) is 6.52. The molecule has 29 heavy (non-hydrogen) atoms. The lowest BCUT2D eigenvalue weighted by Crippen LogP contribution is -2.12. The zero-order valence-corrected chi connectivity index (χ0v) is 16.8. The number of aliphatic hydroxyl groups is 1. The molecule has 0 aliphatic heterocycles. The van der Waals surface area contributed by atoms with Gasteiger partial charge in [0.25, 0.3) is 0 Å². The topological polar surface area (TPSA) is 106 Å². The summed E-state index contributed by atoms with van der Waals surface area (Å²) >= 11 is 0. The smallest absolute Gasteiger partial charge is 0.342 e. The van der Waals surface area contributed by atoms with E-state index in [1.54, 1.807) is 6.92 Å². The molecule has 1 unspecified atom stereocenters. The van der Waals surface area contributed by atoms with Crippen LogP contribution in [-0.4, -0.2) is 32.4 Å². The van der Waals surface area contributed by atoms with Gasteiger partial charge in [0.15, 0.2) is 0 Å². The van der Waals surface area contributed by atoms with Gasteiger partial charge in [-0.1, -0.05) is 0 Å². The van der Waals surface area contributed by atoms with Crippen molar-refractivity contribution < 1.29 is 31.9 Å². The zero-order chi connectivity index (χ0) is 21.3. The Morgan fingerprint density at radius 3 is 2.48 bits per heavy atom. The summed E-state index contributed by atoms with van der Waals surface area (Å²) in [4.78, 5) is 12.6. The van der Waals surface area contributed by atoms with Gasteiger partial charge in [0, 0.05) is 22.6 Å². The molecule has 1 atom stereocenters. The number of carbonyl (C=O) groups excluding carboxylic acids is 1. The van der Waals surface area contributed by atoms with E-state index in [2.05, 4.69) is 4.72 Å². The van der Waals surface area contributed by atoms with Gasteiger partial charge in [-0.25, -0.2) is 17.6 Å². The largest absolute Gasteiger partial charge is 0.462 e. The number of halogens is 1. The van der Waals surface area contributed by atoms with Crippen LogP contribution in [0.1, 0.15) is 35.9 Å². The highest BCUT2D eigenvalue weighted by molar-refractivity contribution is 7.92. The van der Waals surface area contributed by atoms with Crippen LogP contribution in [0.3, 0.4) is 0 Å². The van der Waals surface area contributed by atoms with Gasteiger partial charge in [0.2, 0.25) is 10.0 Å². The van der Waals surface area contributed by atoms with Crippen LogP contribution in [0.5, 0.6) is 0 Å². The number of esters is 1. The molecule has 0 amide bonds. The molecule has 0 aliphatic rings. The van der Waals surface area contributed by atoms with Crippen molar-refractivity contribution in [2.45, 2.75) is 20.0 Å². The number of nitrogens with one attached hydrogen (secondary N) is 1. The fraction of sp³-hybridized carbons (Fsp3) is 0.250. The van der Waals surface area contributed by atoms with Gasteiger partial charge in [-0.05, 0) is 44.2 Å². The van der Waals surface area contributed by atoms with E-state index in [9.17, 15) is 22.7 Å². The Hall–Kier alpha value is -2.91. The van der Waals surface area contributed by atoms with Crippen molar-refractivity contribution in [1.82, 2.24) is 0 Å². The Morgan fingerprint density at radius 2 is 1.93 bits per heavy atom. The monoisotopic (exact) mass is 421 g/mol. The molecule has 1 heterocycles. The van der Waals surface area contributed by atoms with E-state index in [0.29, 0.717) is 10.9 Å². The fourth-order valence-electron chi connectivity index (χ4n) is 3.00. The molecule has 0 spiro atoms. The Bertz CT molecular complexity index is 1170. The van der Waals surface area contributed by atoms with Gasteiger partial charge >= 0.3 is 5.97 Å². The number of rotatable bonds is 6. The summed E-state index contributed by atoms with van der Waals surface area (Å²) in [7, 11) is -3.62. The van der Waals surface area contributed by atoms with Crippen molar-refractivity contribution >= 4 is 32.6 Å². The van der Waals surface area contributed by atoms with Crippen molar-refractivity contribution in [2.75, 3.05) is 17.6 Å². The van der Waals surface area contributed by atoms with E-state index in [1.165, 1.54) is 43.3 Å². The molecule has 0 radical (unpaired) electrons. The Balaban J connectivity index is 2.32. The third kappa shape index (κ3) is 4.41. The molecule has 154 valence electrons. The molecule has 0 saturated carbocycles. The van der Waals surface area contributed by atoms with Crippen LogP contribution in [0.25, 0.3) is 22.3 Å². The number of carbonyl (C=O) groups is 1. The number of furan rings is 1. The highest BCUT2D eigenvalue weighted by Crippen LogP contribution is 2.38. The molecule has 7 nitrogen and oxygen atoms in total. The first-order chi connectivity index (χ1) is 13.6. The normalized spacial score (nSPS) is 12.7. The van der Waals surface area contributed by atoms with Crippen LogP contribution < -0.4 is 4.72 Å². The average molecular weight is 421 g/mol. The van der Waals surface area contributed by atoms with Gasteiger partial charge in [-0.15, -0.1) is 0 Å². The van der Waals surface area contributed by atoms with Crippen LogP contribution in [-0.2, 0) is 14.8 Å². The molecular formula is C20H20FNO6S. The minimum Gasteiger partial charge on any atom is -0.462 e. The van der Waals surface area contributed by atoms with Gasteiger partial charge < -0.3 is 14.3 Å². The summed E-state index contributed by atoms with van der Waals surface area (Å²) in [6.45, 7) is 3.26. The van der Waals surface area contributed by atoms with E-state index in [1.807, 2.05) is 0 Å². The third-order valence-electron chi connectivity index (χ3n) is 4.19. The number of hydrogen-bond donors (Lipinski definition) is 2. The molecule has 0 bridgehead atoms. The number of ether oxygens (including phenoxy) is 1.